The van der Waals surface area contributed by atoms with Crippen LogP contribution in [0.4, 0.5) is 0 Å². The number of carbonyl (C=O) groups excluding carboxylic acids is 1. The average Bonchev–Trinajstić information content (AvgIpc) is 2.14. The molecular formula is C13H15NO2. The Morgan fingerprint density at radius 1 is 1.38 bits per heavy atom. The summed E-state index contributed by atoms with van der Waals surface area (Å²) in [6, 6.07) is 7.28. The van der Waals surface area contributed by atoms with Crippen LogP contribution in [0.1, 0.15) is 38.8 Å². The number of nitriles is 1. The van der Waals surface area contributed by atoms with Crippen LogP contribution in [-0.4, -0.2) is 5.97 Å². The minimum Gasteiger partial charge on any atom is -0.426 e. The monoisotopic (exact) mass is 217 g/mol. The molecule has 3 nitrogen and oxygen atoms in total. The maximum Gasteiger partial charge on any atom is 0.308 e. The first kappa shape index (κ1) is 12.3. The minimum atomic E-state index is -0.374. The van der Waals surface area contributed by atoms with Crippen molar-refractivity contribution in [2.75, 3.05) is 0 Å². The summed E-state index contributed by atoms with van der Waals surface area (Å²) < 4.78 is 5.12. The Hall–Kier alpha value is -1.82. The fourth-order valence-corrected chi connectivity index (χ4v) is 1.64. The van der Waals surface area contributed by atoms with Crippen LogP contribution in [-0.2, 0) is 10.2 Å². The molecule has 1 aromatic carbocycles. The molecule has 0 aromatic heterocycles. The Kier molecular flexibility index (Phi) is 3.34. The molecule has 0 saturated heterocycles. The van der Waals surface area contributed by atoms with E-state index >= 15 is 0 Å². The van der Waals surface area contributed by atoms with Gasteiger partial charge in [0.05, 0.1) is 11.6 Å². The first-order chi connectivity index (χ1) is 7.36. The van der Waals surface area contributed by atoms with Crippen molar-refractivity contribution in [3.05, 3.63) is 29.3 Å². The lowest BCUT2D eigenvalue weighted by atomic mass is 9.83. The molecule has 1 aromatic rings. The van der Waals surface area contributed by atoms with Gasteiger partial charge in [0.15, 0.2) is 0 Å². The Morgan fingerprint density at radius 3 is 2.44 bits per heavy atom. The third-order valence-electron chi connectivity index (χ3n) is 2.15. The number of ether oxygens (including phenoxy) is 1. The predicted molar refractivity (Wildman–Crippen MR) is 61.2 cm³/mol. The van der Waals surface area contributed by atoms with Gasteiger partial charge < -0.3 is 4.74 Å². The summed E-state index contributed by atoms with van der Waals surface area (Å²) in [5, 5.41) is 9.05. The minimum absolute atomic E-state index is 0.239. The van der Waals surface area contributed by atoms with Gasteiger partial charge in [0.1, 0.15) is 5.75 Å². The summed E-state index contributed by atoms with van der Waals surface area (Å²) in [6.07, 6.45) is 0. The molecule has 0 aliphatic carbocycles. The topological polar surface area (TPSA) is 50.1 Å². The van der Waals surface area contributed by atoms with Crippen molar-refractivity contribution in [1.82, 2.24) is 0 Å². The zero-order valence-electron chi connectivity index (χ0n) is 10.00. The lowest BCUT2D eigenvalue weighted by Gasteiger charge is -2.23. The molecule has 84 valence electrons. The normalized spacial score (nSPS) is 10.7. The largest absolute Gasteiger partial charge is 0.426 e. The van der Waals surface area contributed by atoms with E-state index in [1.807, 2.05) is 20.8 Å². The summed E-state index contributed by atoms with van der Waals surface area (Å²) >= 11 is 0. The van der Waals surface area contributed by atoms with Crippen molar-refractivity contribution in [1.29, 1.82) is 5.26 Å². The van der Waals surface area contributed by atoms with E-state index in [1.54, 1.807) is 18.2 Å². The highest BCUT2D eigenvalue weighted by Crippen LogP contribution is 2.34. The van der Waals surface area contributed by atoms with Gasteiger partial charge >= 0.3 is 5.97 Å². The third kappa shape index (κ3) is 2.60. The van der Waals surface area contributed by atoms with Crippen LogP contribution in [0, 0.1) is 11.3 Å². The second-order valence-corrected chi connectivity index (χ2v) is 4.63. The van der Waals surface area contributed by atoms with Gasteiger partial charge in [0.25, 0.3) is 0 Å². The second kappa shape index (κ2) is 4.36. The molecule has 0 spiro atoms. The molecule has 0 saturated carbocycles. The number of esters is 1. The van der Waals surface area contributed by atoms with E-state index in [1.165, 1.54) is 6.92 Å². The van der Waals surface area contributed by atoms with Crippen LogP contribution in [0.2, 0.25) is 0 Å². The molecule has 1 rings (SSSR count). The van der Waals surface area contributed by atoms with E-state index in [0.29, 0.717) is 11.3 Å². The van der Waals surface area contributed by atoms with Crippen molar-refractivity contribution in [2.24, 2.45) is 0 Å². The number of hydrogen-bond donors (Lipinski definition) is 0. The highest BCUT2D eigenvalue weighted by molar-refractivity contribution is 5.70. The van der Waals surface area contributed by atoms with E-state index in [-0.39, 0.29) is 11.4 Å². The summed E-state index contributed by atoms with van der Waals surface area (Å²) in [5.74, 6) is 0.0969. The smallest absolute Gasteiger partial charge is 0.308 e. The van der Waals surface area contributed by atoms with Crippen LogP contribution in [0.5, 0.6) is 5.75 Å². The summed E-state index contributed by atoms with van der Waals surface area (Å²) in [5.41, 5.74) is 1.08. The van der Waals surface area contributed by atoms with Gasteiger partial charge in [-0.2, -0.15) is 5.26 Å². The third-order valence-corrected chi connectivity index (χ3v) is 2.15. The fourth-order valence-electron chi connectivity index (χ4n) is 1.64. The van der Waals surface area contributed by atoms with Crippen molar-refractivity contribution < 1.29 is 9.53 Å². The maximum absolute atomic E-state index is 11.0. The highest BCUT2D eigenvalue weighted by Gasteiger charge is 2.23. The maximum atomic E-state index is 11.0. The first-order valence-corrected chi connectivity index (χ1v) is 5.08. The predicted octanol–water partition coefficient (Wildman–Crippen LogP) is 2.78. The molecule has 0 radical (unpaired) electrons. The second-order valence-electron chi connectivity index (χ2n) is 4.63. The van der Waals surface area contributed by atoms with Gasteiger partial charge in [-0.3, -0.25) is 4.79 Å². The Balaban J connectivity index is 3.39. The van der Waals surface area contributed by atoms with Gasteiger partial charge in [-0.1, -0.05) is 26.8 Å². The van der Waals surface area contributed by atoms with Crippen LogP contribution >= 0.6 is 0 Å². The fraction of sp³-hybridized carbons (Fsp3) is 0.385. The van der Waals surface area contributed by atoms with Crippen molar-refractivity contribution in [3.8, 4) is 11.8 Å². The van der Waals surface area contributed by atoms with Crippen molar-refractivity contribution in [2.45, 2.75) is 33.1 Å². The number of nitrogens with zero attached hydrogens (tertiary/aromatic N) is 1. The number of rotatable bonds is 1. The number of hydrogen-bond acceptors (Lipinski definition) is 3. The molecule has 0 N–H and O–H groups in total. The Labute approximate surface area is 95.7 Å². The van der Waals surface area contributed by atoms with Gasteiger partial charge in [-0.15, -0.1) is 0 Å². The average molecular weight is 217 g/mol. The summed E-state index contributed by atoms with van der Waals surface area (Å²) in [6.45, 7) is 7.30. The zero-order chi connectivity index (χ0) is 12.3. The van der Waals surface area contributed by atoms with Crippen LogP contribution in [0.25, 0.3) is 0 Å². The van der Waals surface area contributed by atoms with E-state index in [2.05, 4.69) is 6.07 Å². The lowest BCUT2D eigenvalue weighted by molar-refractivity contribution is -0.131. The molecule has 0 amide bonds. The molecule has 0 atom stereocenters. The highest BCUT2D eigenvalue weighted by atomic mass is 16.5. The number of carbonyl (C=O) groups is 1. The van der Waals surface area contributed by atoms with E-state index < -0.39 is 0 Å². The molecule has 3 heteroatoms. The molecule has 0 bridgehead atoms. The van der Waals surface area contributed by atoms with Gasteiger partial charge in [0.2, 0.25) is 0 Å². The van der Waals surface area contributed by atoms with Crippen molar-refractivity contribution in [3.63, 3.8) is 0 Å². The molecule has 0 unspecified atom stereocenters. The number of benzene rings is 1. The molecule has 0 aliphatic heterocycles. The van der Waals surface area contributed by atoms with Gasteiger partial charge in [0, 0.05) is 12.5 Å². The Bertz CT molecular complexity index is 450. The zero-order valence-corrected chi connectivity index (χ0v) is 10.00. The van der Waals surface area contributed by atoms with E-state index in [9.17, 15) is 4.79 Å². The molecule has 16 heavy (non-hydrogen) atoms. The Morgan fingerprint density at radius 2 is 2.00 bits per heavy atom. The van der Waals surface area contributed by atoms with Gasteiger partial charge in [-0.05, 0) is 17.5 Å². The van der Waals surface area contributed by atoms with E-state index in [0.717, 1.165) is 5.56 Å². The quantitative estimate of drug-likeness (QED) is 0.537. The summed E-state index contributed by atoms with van der Waals surface area (Å²) in [4.78, 5) is 11.0. The first-order valence-electron chi connectivity index (χ1n) is 5.08. The van der Waals surface area contributed by atoms with Crippen LogP contribution in [0.15, 0.2) is 18.2 Å². The van der Waals surface area contributed by atoms with Crippen molar-refractivity contribution >= 4 is 5.97 Å². The molecule has 0 fully saturated rings. The summed E-state index contributed by atoms with van der Waals surface area (Å²) in [7, 11) is 0. The van der Waals surface area contributed by atoms with Gasteiger partial charge in [-0.25, -0.2) is 0 Å². The lowest BCUT2D eigenvalue weighted by Crippen LogP contribution is -2.16. The SMILES string of the molecule is CC(=O)Oc1cccc(C#N)c1C(C)(C)C. The van der Waals surface area contributed by atoms with Crippen LogP contribution < -0.4 is 4.74 Å². The molecule has 0 aliphatic rings. The van der Waals surface area contributed by atoms with E-state index in [4.69, 9.17) is 10.00 Å². The molecular weight excluding hydrogens is 202 g/mol. The standard InChI is InChI=1S/C13H15NO2/c1-9(15)16-11-7-5-6-10(8-14)12(11)13(2,3)4/h5-7H,1-4H3. The van der Waals surface area contributed by atoms with Crippen LogP contribution in [0.3, 0.4) is 0 Å². The molecule has 0 heterocycles.